The number of ether oxygens (including phenoxy) is 2. The van der Waals surface area contributed by atoms with Crippen LogP contribution in [0.15, 0.2) is 25.7 Å². The van der Waals surface area contributed by atoms with Gasteiger partial charge in [-0.2, -0.15) is 0 Å². The predicted octanol–water partition coefficient (Wildman–Crippen LogP) is 5.42. The SMILES string of the molecule is C=COCCCCCCCCCC(Cl)CCOC=C. The third-order valence-corrected chi connectivity index (χ3v) is 3.50. The second kappa shape index (κ2) is 15.4. The number of alkyl halides is 1. The summed E-state index contributed by atoms with van der Waals surface area (Å²) in [6.07, 6.45) is 13.8. The van der Waals surface area contributed by atoms with Gasteiger partial charge in [0.15, 0.2) is 0 Å². The van der Waals surface area contributed by atoms with Gasteiger partial charge >= 0.3 is 0 Å². The molecule has 0 rings (SSSR count). The van der Waals surface area contributed by atoms with Crippen LogP contribution in [0.3, 0.4) is 0 Å². The number of halogens is 1. The van der Waals surface area contributed by atoms with Gasteiger partial charge in [0.1, 0.15) is 0 Å². The van der Waals surface area contributed by atoms with Crippen molar-refractivity contribution >= 4 is 11.6 Å². The lowest BCUT2D eigenvalue weighted by atomic mass is 10.1. The molecule has 0 bridgehead atoms. The first-order chi connectivity index (χ1) is 9.31. The zero-order valence-electron chi connectivity index (χ0n) is 12.1. The van der Waals surface area contributed by atoms with Crippen LogP contribution in [0.1, 0.15) is 57.8 Å². The molecule has 0 aliphatic rings. The van der Waals surface area contributed by atoms with Gasteiger partial charge in [0, 0.05) is 5.38 Å². The van der Waals surface area contributed by atoms with Crippen LogP contribution in [0.4, 0.5) is 0 Å². The first-order valence-electron chi connectivity index (χ1n) is 7.40. The molecule has 3 heteroatoms. The van der Waals surface area contributed by atoms with Crippen LogP contribution in [0.2, 0.25) is 0 Å². The summed E-state index contributed by atoms with van der Waals surface area (Å²) < 4.78 is 10.1. The van der Waals surface area contributed by atoms with E-state index in [-0.39, 0.29) is 5.38 Å². The van der Waals surface area contributed by atoms with Gasteiger partial charge in [0.25, 0.3) is 0 Å². The number of hydrogen-bond donors (Lipinski definition) is 0. The molecule has 1 unspecified atom stereocenters. The lowest BCUT2D eigenvalue weighted by molar-refractivity contribution is 0.241. The molecule has 112 valence electrons. The molecule has 19 heavy (non-hydrogen) atoms. The molecule has 0 radical (unpaired) electrons. The summed E-state index contributed by atoms with van der Waals surface area (Å²) in [5.74, 6) is 0. The fourth-order valence-electron chi connectivity index (χ4n) is 1.94. The van der Waals surface area contributed by atoms with Crippen molar-refractivity contribution in [1.29, 1.82) is 0 Å². The first-order valence-corrected chi connectivity index (χ1v) is 7.84. The average Bonchev–Trinajstić information content (AvgIpc) is 2.41. The van der Waals surface area contributed by atoms with Crippen LogP contribution >= 0.6 is 11.6 Å². The summed E-state index contributed by atoms with van der Waals surface area (Å²) in [4.78, 5) is 0. The molecule has 0 fully saturated rings. The summed E-state index contributed by atoms with van der Waals surface area (Å²) in [7, 11) is 0. The van der Waals surface area contributed by atoms with E-state index < -0.39 is 0 Å². The Morgan fingerprint density at radius 3 is 1.89 bits per heavy atom. The predicted molar refractivity (Wildman–Crippen MR) is 83.5 cm³/mol. The van der Waals surface area contributed by atoms with E-state index in [1.54, 1.807) is 0 Å². The fraction of sp³-hybridized carbons (Fsp3) is 0.750. The molecule has 0 spiro atoms. The highest BCUT2D eigenvalue weighted by Gasteiger charge is 2.03. The fourth-order valence-corrected chi connectivity index (χ4v) is 2.19. The average molecular weight is 289 g/mol. The molecule has 0 N–H and O–H groups in total. The first kappa shape index (κ1) is 18.4. The molecule has 0 saturated heterocycles. The summed E-state index contributed by atoms with van der Waals surface area (Å²) in [5, 5.41) is 0.246. The molecule has 0 aromatic heterocycles. The highest BCUT2D eigenvalue weighted by atomic mass is 35.5. The van der Waals surface area contributed by atoms with Gasteiger partial charge in [-0.05, 0) is 19.3 Å². The molecule has 0 aromatic carbocycles. The van der Waals surface area contributed by atoms with Crippen LogP contribution in [0, 0.1) is 0 Å². The summed E-state index contributed by atoms with van der Waals surface area (Å²) >= 11 is 6.19. The smallest absolute Gasteiger partial charge is 0.0887 e. The molecule has 0 amide bonds. The van der Waals surface area contributed by atoms with Crippen molar-refractivity contribution in [2.45, 2.75) is 63.2 Å². The molecule has 0 aliphatic carbocycles. The Morgan fingerprint density at radius 2 is 1.26 bits per heavy atom. The van der Waals surface area contributed by atoms with E-state index in [1.165, 1.54) is 51.0 Å². The lowest BCUT2D eigenvalue weighted by Gasteiger charge is -2.08. The van der Waals surface area contributed by atoms with Crippen molar-refractivity contribution in [1.82, 2.24) is 0 Å². The minimum atomic E-state index is 0.246. The maximum atomic E-state index is 6.19. The highest BCUT2D eigenvalue weighted by molar-refractivity contribution is 6.20. The molecular formula is C16H29ClO2. The van der Waals surface area contributed by atoms with Crippen molar-refractivity contribution in [2.75, 3.05) is 13.2 Å². The zero-order chi connectivity index (χ0) is 14.2. The number of unbranched alkanes of at least 4 members (excludes halogenated alkanes) is 6. The van der Waals surface area contributed by atoms with Crippen molar-refractivity contribution in [3.63, 3.8) is 0 Å². The van der Waals surface area contributed by atoms with Crippen LogP contribution in [-0.4, -0.2) is 18.6 Å². The van der Waals surface area contributed by atoms with Gasteiger partial charge < -0.3 is 9.47 Å². The van der Waals surface area contributed by atoms with Gasteiger partial charge in [-0.1, -0.05) is 51.7 Å². The van der Waals surface area contributed by atoms with Gasteiger partial charge in [0.2, 0.25) is 0 Å². The van der Waals surface area contributed by atoms with Crippen LogP contribution in [-0.2, 0) is 9.47 Å². The topological polar surface area (TPSA) is 18.5 Å². The third-order valence-electron chi connectivity index (χ3n) is 3.06. The van der Waals surface area contributed by atoms with E-state index >= 15 is 0 Å². The summed E-state index contributed by atoms with van der Waals surface area (Å²) in [6, 6.07) is 0. The van der Waals surface area contributed by atoms with Gasteiger partial charge in [-0.3, -0.25) is 0 Å². The van der Waals surface area contributed by atoms with Crippen molar-refractivity contribution in [3.8, 4) is 0 Å². The maximum absolute atomic E-state index is 6.19. The normalized spacial score (nSPS) is 11.8. The summed E-state index contributed by atoms with van der Waals surface area (Å²) in [5.41, 5.74) is 0. The monoisotopic (exact) mass is 288 g/mol. The van der Waals surface area contributed by atoms with E-state index in [4.69, 9.17) is 21.1 Å². The quantitative estimate of drug-likeness (QED) is 0.227. The van der Waals surface area contributed by atoms with Crippen LogP contribution in [0.25, 0.3) is 0 Å². The Balaban J connectivity index is 3.09. The molecule has 0 aromatic rings. The van der Waals surface area contributed by atoms with Crippen LogP contribution < -0.4 is 0 Å². The maximum Gasteiger partial charge on any atom is 0.0887 e. The van der Waals surface area contributed by atoms with Crippen molar-refractivity contribution in [2.24, 2.45) is 0 Å². The van der Waals surface area contributed by atoms with Crippen molar-refractivity contribution < 1.29 is 9.47 Å². The Kier molecular flexibility index (Phi) is 14.9. The molecule has 1 atom stereocenters. The largest absolute Gasteiger partial charge is 0.502 e. The second-order valence-electron chi connectivity index (χ2n) is 4.72. The zero-order valence-corrected chi connectivity index (χ0v) is 12.9. The van der Waals surface area contributed by atoms with E-state index in [0.717, 1.165) is 25.9 Å². The molecule has 2 nitrogen and oxygen atoms in total. The standard InChI is InChI=1S/C16H29ClO2/c1-3-18-14-11-9-7-5-6-8-10-12-16(17)13-15-19-4-2/h3-4,16H,1-2,5-15H2. The van der Waals surface area contributed by atoms with E-state index in [1.807, 2.05) is 0 Å². The Bertz CT molecular complexity index is 207. The van der Waals surface area contributed by atoms with E-state index in [0.29, 0.717) is 6.61 Å². The third kappa shape index (κ3) is 15.3. The molecule has 0 heterocycles. The Labute approximate surface area is 123 Å². The minimum Gasteiger partial charge on any atom is -0.502 e. The van der Waals surface area contributed by atoms with E-state index in [2.05, 4.69) is 13.2 Å². The van der Waals surface area contributed by atoms with E-state index in [9.17, 15) is 0 Å². The number of rotatable bonds is 15. The highest BCUT2D eigenvalue weighted by Crippen LogP contribution is 2.14. The Hall–Kier alpha value is -0.630. The number of hydrogen-bond acceptors (Lipinski definition) is 2. The lowest BCUT2D eigenvalue weighted by Crippen LogP contribution is -2.02. The second-order valence-corrected chi connectivity index (χ2v) is 5.34. The molecule has 0 saturated carbocycles. The van der Waals surface area contributed by atoms with Crippen molar-refractivity contribution in [3.05, 3.63) is 25.7 Å². The van der Waals surface area contributed by atoms with Crippen LogP contribution in [0.5, 0.6) is 0 Å². The molecule has 0 aliphatic heterocycles. The minimum absolute atomic E-state index is 0.246. The Morgan fingerprint density at radius 1 is 0.737 bits per heavy atom. The van der Waals surface area contributed by atoms with Gasteiger partial charge in [-0.15, -0.1) is 11.6 Å². The molecular weight excluding hydrogens is 260 g/mol. The van der Waals surface area contributed by atoms with Gasteiger partial charge in [0.05, 0.1) is 25.7 Å². The van der Waals surface area contributed by atoms with Gasteiger partial charge in [-0.25, -0.2) is 0 Å². The summed E-state index contributed by atoms with van der Waals surface area (Å²) in [6.45, 7) is 8.52.